The largest absolute Gasteiger partial charge is 0.511 e. The molecule has 1 unspecified atom stereocenters. The van der Waals surface area contributed by atoms with E-state index in [2.05, 4.69) is 6.92 Å². The van der Waals surface area contributed by atoms with E-state index in [-0.39, 0.29) is 13.2 Å². The van der Waals surface area contributed by atoms with Gasteiger partial charge in [-0.15, -0.1) is 0 Å². The van der Waals surface area contributed by atoms with Gasteiger partial charge in [-0.05, 0) is 12.4 Å². The van der Waals surface area contributed by atoms with E-state index in [4.69, 9.17) is 9.41 Å². The molecule has 2 rings (SSSR count). The summed E-state index contributed by atoms with van der Waals surface area (Å²) in [4.78, 5) is 0. The zero-order chi connectivity index (χ0) is 9.97. The van der Waals surface area contributed by atoms with Crippen LogP contribution in [0.25, 0.3) is 0 Å². The Hall–Kier alpha value is -0.835. The van der Waals surface area contributed by atoms with E-state index >= 15 is 0 Å². The fourth-order valence-electron chi connectivity index (χ4n) is 1.60. The lowest BCUT2D eigenvalue weighted by atomic mass is 9.78. The molecule has 1 aliphatic heterocycles. The lowest BCUT2D eigenvalue weighted by molar-refractivity contribution is -0.115. The van der Waals surface area contributed by atoms with Gasteiger partial charge in [0.05, 0.1) is 6.10 Å². The second-order valence-electron chi connectivity index (χ2n) is 3.61. The van der Waals surface area contributed by atoms with Gasteiger partial charge in [-0.25, -0.2) is 5.06 Å². The van der Waals surface area contributed by atoms with Crippen LogP contribution in [0.4, 0.5) is 0 Å². The number of benzene rings is 1. The SMILES string of the molecule is CC1CN(C)OB(c2ccccc2)O1. The molecule has 14 heavy (non-hydrogen) atoms. The summed E-state index contributed by atoms with van der Waals surface area (Å²) in [6.07, 6.45) is 0.207. The number of nitrogens with zero attached hydrogens (tertiary/aromatic N) is 1. The molecule has 1 fully saturated rings. The molecule has 1 saturated heterocycles. The van der Waals surface area contributed by atoms with Crippen LogP contribution in [0.2, 0.25) is 0 Å². The van der Waals surface area contributed by atoms with Crippen molar-refractivity contribution in [1.82, 2.24) is 5.06 Å². The molecule has 0 spiro atoms. The summed E-state index contributed by atoms with van der Waals surface area (Å²) in [5.41, 5.74) is 1.06. The Morgan fingerprint density at radius 1 is 1.36 bits per heavy atom. The van der Waals surface area contributed by atoms with Crippen LogP contribution < -0.4 is 5.46 Å². The van der Waals surface area contributed by atoms with Crippen LogP contribution in [0.1, 0.15) is 6.92 Å². The third-order valence-corrected chi connectivity index (χ3v) is 2.22. The maximum atomic E-state index is 5.68. The molecule has 0 saturated carbocycles. The van der Waals surface area contributed by atoms with Crippen molar-refractivity contribution in [2.75, 3.05) is 13.6 Å². The van der Waals surface area contributed by atoms with Crippen molar-refractivity contribution in [3.63, 3.8) is 0 Å². The van der Waals surface area contributed by atoms with E-state index in [1.165, 1.54) is 0 Å². The first-order valence-corrected chi connectivity index (χ1v) is 4.84. The van der Waals surface area contributed by atoms with Crippen molar-refractivity contribution in [3.05, 3.63) is 30.3 Å². The van der Waals surface area contributed by atoms with E-state index < -0.39 is 0 Å². The van der Waals surface area contributed by atoms with E-state index in [1.807, 2.05) is 42.4 Å². The molecule has 1 heterocycles. The van der Waals surface area contributed by atoms with Gasteiger partial charge >= 0.3 is 7.12 Å². The first-order valence-electron chi connectivity index (χ1n) is 4.84. The van der Waals surface area contributed by atoms with Crippen molar-refractivity contribution in [1.29, 1.82) is 0 Å². The molecule has 4 heteroatoms. The summed E-state index contributed by atoms with van der Waals surface area (Å²) in [7, 11) is 1.67. The van der Waals surface area contributed by atoms with Crippen molar-refractivity contribution in [2.45, 2.75) is 13.0 Å². The Labute approximate surface area is 84.7 Å². The van der Waals surface area contributed by atoms with Gasteiger partial charge in [0.2, 0.25) is 0 Å². The molecule has 74 valence electrons. The third kappa shape index (κ3) is 2.15. The minimum atomic E-state index is -0.259. The molecule has 0 bridgehead atoms. The Kier molecular flexibility index (Phi) is 2.86. The van der Waals surface area contributed by atoms with Crippen molar-refractivity contribution in [2.24, 2.45) is 0 Å². The van der Waals surface area contributed by atoms with Crippen LogP contribution in [-0.2, 0) is 9.41 Å². The summed E-state index contributed by atoms with van der Waals surface area (Å²) in [5, 5.41) is 1.83. The average molecular weight is 191 g/mol. The van der Waals surface area contributed by atoms with Crippen LogP contribution in [-0.4, -0.2) is 31.9 Å². The molecule has 1 aromatic carbocycles. The monoisotopic (exact) mass is 191 g/mol. The standard InChI is InChI=1S/C10H14BNO2/c1-9-8-12(2)14-11(13-9)10-6-4-3-5-7-10/h3-7,9H,8H2,1-2H3. The maximum Gasteiger partial charge on any atom is 0.511 e. The molecule has 0 radical (unpaired) electrons. The second kappa shape index (κ2) is 4.13. The van der Waals surface area contributed by atoms with E-state index in [0.717, 1.165) is 12.0 Å². The Balaban J connectivity index is 2.11. The molecule has 3 nitrogen and oxygen atoms in total. The summed E-state index contributed by atoms with van der Waals surface area (Å²) in [6, 6.07) is 9.98. The Morgan fingerprint density at radius 3 is 2.71 bits per heavy atom. The van der Waals surface area contributed by atoms with Gasteiger partial charge in [-0.3, -0.25) is 0 Å². The van der Waals surface area contributed by atoms with E-state index in [0.29, 0.717) is 0 Å². The predicted octanol–water partition coefficient (Wildman–Crippen LogP) is 0.664. The predicted molar refractivity (Wildman–Crippen MR) is 56.1 cm³/mol. The highest BCUT2D eigenvalue weighted by atomic mass is 16.7. The van der Waals surface area contributed by atoms with Gasteiger partial charge in [-0.1, -0.05) is 30.3 Å². The van der Waals surface area contributed by atoms with Crippen LogP contribution >= 0.6 is 0 Å². The lowest BCUT2D eigenvalue weighted by Gasteiger charge is -2.32. The van der Waals surface area contributed by atoms with Crippen LogP contribution in [0, 0.1) is 0 Å². The maximum absolute atomic E-state index is 5.68. The molecular weight excluding hydrogens is 177 g/mol. The summed E-state index contributed by atoms with van der Waals surface area (Å²) in [6.45, 7) is 2.86. The molecular formula is C10H14BNO2. The third-order valence-electron chi connectivity index (χ3n) is 2.22. The zero-order valence-corrected chi connectivity index (χ0v) is 8.51. The first kappa shape index (κ1) is 9.71. The average Bonchev–Trinajstić information content (AvgIpc) is 2.18. The minimum Gasteiger partial charge on any atom is -0.402 e. The molecule has 0 amide bonds. The molecule has 0 aliphatic carbocycles. The summed E-state index contributed by atoms with van der Waals surface area (Å²) < 4.78 is 11.2. The van der Waals surface area contributed by atoms with Crippen LogP contribution in [0.15, 0.2) is 30.3 Å². The highest BCUT2D eigenvalue weighted by Crippen LogP contribution is 2.07. The molecule has 1 aliphatic rings. The molecule has 0 aromatic heterocycles. The van der Waals surface area contributed by atoms with Gasteiger partial charge in [0, 0.05) is 13.6 Å². The smallest absolute Gasteiger partial charge is 0.402 e. The van der Waals surface area contributed by atoms with Gasteiger partial charge < -0.3 is 9.41 Å². The Bertz CT molecular complexity index is 283. The van der Waals surface area contributed by atoms with Gasteiger partial charge in [-0.2, -0.15) is 0 Å². The number of rotatable bonds is 1. The van der Waals surface area contributed by atoms with Crippen molar-refractivity contribution >= 4 is 12.6 Å². The molecule has 0 N–H and O–H groups in total. The number of hydrogen-bond acceptors (Lipinski definition) is 3. The molecule has 1 atom stereocenters. The highest BCUT2D eigenvalue weighted by molar-refractivity contribution is 6.61. The topological polar surface area (TPSA) is 21.7 Å². The fraction of sp³-hybridized carbons (Fsp3) is 0.400. The van der Waals surface area contributed by atoms with Gasteiger partial charge in [0.15, 0.2) is 0 Å². The van der Waals surface area contributed by atoms with Crippen LogP contribution in [0.5, 0.6) is 0 Å². The quantitative estimate of drug-likeness (QED) is 0.608. The van der Waals surface area contributed by atoms with Crippen molar-refractivity contribution < 1.29 is 9.41 Å². The number of likely N-dealkylation sites (N-methyl/N-ethyl adjacent to an activating group) is 1. The van der Waals surface area contributed by atoms with Crippen LogP contribution in [0.3, 0.4) is 0 Å². The summed E-state index contributed by atoms with van der Waals surface area (Å²) in [5.74, 6) is 0. The number of hydroxylamine groups is 2. The van der Waals surface area contributed by atoms with Gasteiger partial charge in [0.1, 0.15) is 0 Å². The second-order valence-corrected chi connectivity index (χ2v) is 3.61. The Morgan fingerprint density at radius 2 is 2.07 bits per heavy atom. The number of hydrogen-bond donors (Lipinski definition) is 0. The normalized spacial score (nSPS) is 23.9. The van der Waals surface area contributed by atoms with E-state index in [9.17, 15) is 0 Å². The zero-order valence-electron chi connectivity index (χ0n) is 8.51. The minimum absolute atomic E-state index is 0.207. The van der Waals surface area contributed by atoms with E-state index in [1.54, 1.807) is 0 Å². The first-order chi connectivity index (χ1) is 6.75. The van der Waals surface area contributed by atoms with Crippen molar-refractivity contribution in [3.8, 4) is 0 Å². The fourth-order valence-corrected chi connectivity index (χ4v) is 1.60. The highest BCUT2D eigenvalue weighted by Gasteiger charge is 2.30. The lowest BCUT2D eigenvalue weighted by Crippen LogP contribution is -2.51. The van der Waals surface area contributed by atoms with Gasteiger partial charge in [0.25, 0.3) is 0 Å². The summed E-state index contributed by atoms with van der Waals surface area (Å²) >= 11 is 0. The molecule has 1 aromatic rings.